The van der Waals surface area contributed by atoms with E-state index < -0.39 is 10.0 Å². The average molecular weight is 203 g/mol. The van der Waals surface area contributed by atoms with E-state index >= 15 is 0 Å². The van der Waals surface area contributed by atoms with Crippen LogP contribution in [0.2, 0.25) is 0 Å². The van der Waals surface area contributed by atoms with Crippen LogP contribution in [0.25, 0.3) is 0 Å². The maximum Gasteiger partial charge on any atom is 0.281 e. The number of nitrogens with zero attached hydrogens (tertiary/aromatic N) is 1. The molecule has 0 aliphatic carbocycles. The topological polar surface area (TPSA) is 84.5 Å². The van der Waals surface area contributed by atoms with E-state index in [1.807, 2.05) is 13.8 Å². The number of hydrogen-bond acceptors (Lipinski definition) is 4. The Kier molecular flexibility index (Phi) is 2.72. The lowest BCUT2D eigenvalue weighted by Gasteiger charge is -2.08. The van der Waals surface area contributed by atoms with Gasteiger partial charge in [-0.3, -0.25) is 0 Å². The molecule has 0 atom stereocenters. The molecule has 0 aromatic rings. The van der Waals surface area contributed by atoms with Gasteiger partial charge in [-0.1, -0.05) is 13.8 Å². The van der Waals surface area contributed by atoms with Crippen LogP contribution in [0.5, 0.6) is 0 Å². The van der Waals surface area contributed by atoms with Crippen LogP contribution in [0.4, 0.5) is 0 Å². The largest absolute Gasteiger partial charge is 0.397 e. The molecule has 0 saturated carbocycles. The number of nitrogens with one attached hydrogen (secondary N) is 1. The van der Waals surface area contributed by atoms with Gasteiger partial charge in [-0.05, 0) is 0 Å². The third-order valence-corrected chi connectivity index (χ3v) is 3.02. The summed E-state index contributed by atoms with van der Waals surface area (Å²) in [5.41, 5.74) is 5.68. The minimum Gasteiger partial charge on any atom is -0.397 e. The average Bonchev–Trinajstić information content (AvgIpc) is 2.23. The van der Waals surface area contributed by atoms with E-state index in [1.165, 1.54) is 6.21 Å². The molecule has 13 heavy (non-hydrogen) atoms. The highest BCUT2D eigenvalue weighted by molar-refractivity contribution is 7.94. The molecule has 74 valence electrons. The highest BCUT2D eigenvalue weighted by Crippen LogP contribution is 2.15. The Morgan fingerprint density at radius 2 is 2.23 bits per heavy atom. The van der Waals surface area contributed by atoms with Crippen molar-refractivity contribution in [2.75, 3.05) is 6.54 Å². The van der Waals surface area contributed by atoms with Gasteiger partial charge in [-0.2, -0.15) is 12.8 Å². The Bertz CT molecular complexity index is 354. The summed E-state index contributed by atoms with van der Waals surface area (Å²) in [5.74, 6) is 0. The first kappa shape index (κ1) is 10.2. The lowest BCUT2D eigenvalue weighted by Crippen LogP contribution is -2.27. The van der Waals surface area contributed by atoms with Crippen LogP contribution in [0, 0.1) is 0 Å². The maximum absolute atomic E-state index is 11.2. The molecule has 0 saturated heterocycles. The summed E-state index contributed by atoms with van der Waals surface area (Å²) in [6.07, 6.45) is 1.17. The fourth-order valence-corrected chi connectivity index (χ4v) is 1.90. The Balaban J connectivity index is 2.76. The third-order valence-electron chi connectivity index (χ3n) is 1.63. The van der Waals surface area contributed by atoms with Gasteiger partial charge in [-0.15, -0.1) is 0 Å². The Hall–Kier alpha value is -0.880. The van der Waals surface area contributed by atoms with Crippen LogP contribution >= 0.6 is 0 Å². The zero-order valence-electron chi connectivity index (χ0n) is 7.61. The molecule has 0 aromatic carbocycles. The van der Waals surface area contributed by atoms with E-state index in [4.69, 9.17) is 5.73 Å². The maximum atomic E-state index is 11.2. The molecule has 0 fully saturated rings. The van der Waals surface area contributed by atoms with Crippen LogP contribution < -0.4 is 11.1 Å². The summed E-state index contributed by atoms with van der Waals surface area (Å²) < 4.78 is 25.7. The van der Waals surface area contributed by atoms with Crippen LogP contribution in [0.1, 0.15) is 13.8 Å². The highest BCUT2D eigenvalue weighted by atomic mass is 32.2. The first-order chi connectivity index (χ1) is 5.93. The zero-order valence-corrected chi connectivity index (χ0v) is 8.43. The summed E-state index contributed by atoms with van der Waals surface area (Å²) >= 11 is 0. The van der Waals surface area contributed by atoms with E-state index in [1.54, 1.807) is 0 Å². The first-order valence-electron chi connectivity index (χ1n) is 3.96. The van der Waals surface area contributed by atoms with Crippen molar-refractivity contribution in [2.45, 2.75) is 19.9 Å². The molecule has 1 aliphatic rings. The van der Waals surface area contributed by atoms with Crippen molar-refractivity contribution in [1.29, 1.82) is 0 Å². The predicted molar refractivity (Wildman–Crippen MR) is 51.8 cm³/mol. The second kappa shape index (κ2) is 3.47. The molecule has 1 aliphatic heterocycles. The van der Waals surface area contributed by atoms with Crippen molar-refractivity contribution in [1.82, 2.24) is 5.32 Å². The molecule has 5 nitrogen and oxygen atoms in total. The molecule has 0 amide bonds. The van der Waals surface area contributed by atoms with Crippen molar-refractivity contribution < 1.29 is 8.42 Å². The van der Waals surface area contributed by atoms with E-state index in [9.17, 15) is 8.42 Å². The second-order valence-corrected chi connectivity index (χ2v) is 4.78. The SMILES string of the molecule is CC(C)NCC1=C(N)C=NS1(=O)=O. The lowest BCUT2D eigenvalue weighted by atomic mass is 10.3. The standard InChI is InChI=1S/C7H13N3O2S/c1-5(2)9-4-7-6(8)3-10-13(7,11)12/h3,5,9H,4,8H2,1-2H3. The number of nitrogens with two attached hydrogens (primary N) is 1. The van der Waals surface area contributed by atoms with Gasteiger partial charge in [0.05, 0.1) is 11.9 Å². The number of rotatable bonds is 3. The van der Waals surface area contributed by atoms with E-state index in [0.717, 1.165) is 0 Å². The van der Waals surface area contributed by atoms with E-state index in [0.29, 0.717) is 0 Å². The van der Waals surface area contributed by atoms with E-state index in [-0.39, 0.29) is 23.2 Å². The third kappa shape index (κ3) is 2.28. The normalized spacial score (nSPS) is 20.2. The van der Waals surface area contributed by atoms with Crippen LogP contribution in [-0.4, -0.2) is 27.2 Å². The van der Waals surface area contributed by atoms with Gasteiger partial charge in [0.2, 0.25) is 0 Å². The van der Waals surface area contributed by atoms with Gasteiger partial charge < -0.3 is 11.1 Å². The summed E-state index contributed by atoms with van der Waals surface area (Å²) in [6.45, 7) is 4.10. The van der Waals surface area contributed by atoms with Gasteiger partial charge in [-0.25, -0.2) is 0 Å². The van der Waals surface area contributed by atoms with Gasteiger partial charge in [0, 0.05) is 12.6 Å². The molecule has 0 unspecified atom stereocenters. The quantitative estimate of drug-likeness (QED) is 0.651. The second-order valence-electron chi connectivity index (χ2n) is 3.12. The number of hydrogen-bond donors (Lipinski definition) is 2. The Morgan fingerprint density at radius 3 is 2.62 bits per heavy atom. The smallest absolute Gasteiger partial charge is 0.281 e. The molecule has 0 bridgehead atoms. The van der Waals surface area contributed by atoms with Crippen LogP contribution in [-0.2, 0) is 10.0 Å². The van der Waals surface area contributed by atoms with Crippen molar-refractivity contribution in [3.63, 3.8) is 0 Å². The first-order valence-corrected chi connectivity index (χ1v) is 5.40. The van der Waals surface area contributed by atoms with Crippen molar-refractivity contribution in [2.24, 2.45) is 10.1 Å². The van der Waals surface area contributed by atoms with Crippen molar-refractivity contribution in [3.8, 4) is 0 Å². The minimum absolute atomic E-state index is 0.168. The number of sulfonamides is 1. The summed E-state index contributed by atoms with van der Waals surface area (Å²) in [7, 11) is -3.47. The Morgan fingerprint density at radius 1 is 1.62 bits per heavy atom. The van der Waals surface area contributed by atoms with Crippen LogP contribution in [0.3, 0.4) is 0 Å². The van der Waals surface area contributed by atoms with Gasteiger partial charge in [0.1, 0.15) is 4.91 Å². The predicted octanol–water partition coefficient (Wildman–Crippen LogP) is -0.431. The molecule has 6 heteroatoms. The van der Waals surface area contributed by atoms with Gasteiger partial charge in [0.15, 0.2) is 0 Å². The zero-order chi connectivity index (χ0) is 10.1. The Labute approximate surface area is 77.8 Å². The van der Waals surface area contributed by atoms with Crippen molar-refractivity contribution >= 4 is 16.2 Å². The molecule has 1 heterocycles. The van der Waals surface area contributed by atoms with Gasteiger partial charge in [0.25, 0.3) is 10.0 Å². The number of allylic oxidation sites excluding steroid dienone is 1. The summed E-state index contributed by atoms with van der Waals surface area (Å²) in [6, 6.07) is 0.219. The van der Waals surface area contributed by atoms with Crippen molar-refractivity contribution in [3.05, 3.63) is 10.6 Å². The fraction of sp³-hybridized carbons (Fsp3) is 0.571. The lowest BCUT2D eigenvalue weighted by molar-refractivity contribution is 0.593. The minimum atomic E-state index is -3.47. The molecular weight excluding hydrogens is 190 g/mol. The van der Waals surface area contributed by atoms with Crippen LogP contribution in [0.15, 0.2) is 15.0 Å². The molecule has 0 aromatic heterocycles. The highest BCUT2D eigenvalue weighted by Gasteiger charge is 2.23. The fourth-order valence-electron chi connectivity index (χ4n) is 0.901. The monoisotopic (exact) mass is 203 g/mol. The molecule has 3 N–H and O–H groups in total. The molecule has 0 radical (unpaired) electrons. The van der Waals surface area contributed by atoms with Gasteiger partial charge >= 0.3 is 0 Å². The molecule has 0 spiro atoms. The summed E-state index contributed by atoms with van der Waals surface area (Å²) in [4.78, 5) is 0.168. The van der Waals surface area contributed by atoms with E-state index in [2.05, 4.69) is 9.71 Å². The molecule has 1 rings (SSSR count). The summed E-state index contributed by atoms with van der Waals surface area (Å²) in [5, 5.41) is 2.98. The molecular formula is C7H13N3O2S.